The highest BCUT2D eigenvalue weighted by Gasteiger charge is 2.26. The predicted molar refractivity (Wildman–Crippen MR) is 73.2 cm³/mol. The van der Waals surface area contributed by atoms with E-state index in [1.807, 2.05) is 0 Å². The van der Waals surface area contributed by atoms with E-state index in [1.54, 1.807) is 0 Å². The molecule has 1 aliphatic carbocycles. The summed E-state index contributed by atoms with van der Waals surface area (Å²) in [6.07, 6.45) is 5.25. The first-order valence-corrected chi connectivity index (χ1v) is 7.09. The van der Waals surface area contributed by atoms with Gasteiger partial charge in [-0.3, -0.25) is 4.79 Å². The quantitative estimate of drug-likeness (QED) is 0.762. The predicted octanol–water partition coefficient (Wildman–Crippen LogP) is 1.96. The number of fused-ring (bicyclic) bond motifs is 1. The highest BCUT2D eigenvalue weighted by molar-refractivity contribution is 5.72. The van der Waals surface area contributed by atoms with E-state index in [4.69, 9.17) is 9.72 Å². The molecule has 0 spiro atoms. The van der Waals surface area contributed by atoms with Gasteiger partial charge in [0.25, 0.3) is 0 Å². The van der Waals surface area contributed by atoms with Crippen LogP contribution in [0.2, 0.25) is 0 Å². The summed E-state index contributed by atoms with van der Waals surface area (Å²) in [7, 11) is 1.47. The van der Waals surface area contributed by atoms with Gasteiger partial charge in [0.2, 0.25) is 0 Å². The van der Waals surface area contributed by atoms with Gasteiger partial charge >= 0.3 is 5.97 Å². The average molecular weight is 260 g/mol. The normalized spacial score (nSPS) is 19.3. The summed E-state index contributed by atoms with van der Waals surface area (Å²) in [6, 6.07) is 4.35. The van der Waals surface area contributed by atoms with Crippen molar-refractivity contribution in [2.24, 2.45) is 5.92 Å². The molecule has 4 heteroatoms. The molecule has 0 bridgehead atoms. The van der Waals surface area contributed by atoms with Gasteiger partial charge in [-0.2, -0.15) is 0 Å². The van der Waals surface area contributed by atoms with Crippen molar-refractivity contribution in [1.29, 1.82) is 0 Å². The monoisotopic (exact) mass is 260 g/mol. The number of carbonyl (C=O) groups excluding carboxylic acids is 1. The largest absolute Gasteiger partial charge is 0.469 e. The van der Waals surface area contributed by atoms with E-state index in [0.717, 1.165) is 38.2 Å². The van der Waals surface area contributed by atoms with Crippen molar-refractivity contribution in [1.82, 2.24) is 4.98 Å². The van der Waals surface area contributed by atoms with E-state index < -0.39 is 0 Å². The Bertz CT molecular complexity index is 479. The van der Waals surface area contributed by atoms with Crippen LogP contribution in [-0.4, -0.2) is 31.2 Å². The Morgan fingerprint density at radius 2 is 2.11 bits per heavy atom. The Morgan fingerprint density at radius 1 is 1.32 bits per heavy atom. The molecule has 0 radical (unpaired) electrons. The van der Waals surface area contributed by atoms with Gasteiger partial charge in [-0.15, -0.1) is 0 Å². The lowest BCUT2D eigenvalue weighted by Gasteiger charge is -2.31. The molecular weight excluding hydrogens is 240 g/mol. The molecule has 1 fully saturated rings. The third-order valence-electron chi connectivity index (χ3n) is 4.27. The second kappa shape index (κ2) is 5.19. The molecule has 1 saturated heterocycles. The van der Waals surface area contributed by atoms with Crippen LogP contribution in [0, 0.1) is 5.92 Å². The first kappa shape index (κ1) is 12.5. The third-order valence-corrected chi connectivity index (χ3v) is 4.27. The summed E-state index contributed by atoms with van der Waals surface area (Å²) < 4.78 is 4.82. The van der Waals surface area contributed by atoms with E-state index in [1.165, 1.54) is 31.2 Å². The first-order valence-electron chi connectivity index (χ1n) is 7.09. The van der Waals surface area contributed by atoms with Crippen LogP contribution in [0.1, 0.15) is 30.5 Å². The van der Waals surface area contributed by atoms with E-state index in [2.05, 4.69) is 17.0 Å². The fourth-order valence-corrected chi connectivity index (χ4v) is 3.10. The van der Waals surface area contributed by atoms with Crippen molar-refractivity contribution in [2.75, 3.05) is 25.1 Å². The van der Waals surface area contributed by atoms with Crippen LogP contribution in [-0.2, 0) is 22.4 Å². The Labute approximate surface area is 113 Å². The molecule has 0 saturated carbocycles. The number of aryl methyl sites for hydroxylation is 2. The molecule has 1 aliphatic heterocycles. The zero-order chi connectivity index (χ0) is 13.2. The Kier molecular flexibility index (Phi) is 3.40. The molecule has 2 aliphatic rings. The molecule has 1 aromatic heterocycles. The smallest absolute Gasteiger partial charge is 0.308 e. The van der Waals surface area contributed by atoms with Crippen molar-refractivity contribution < 1.29 is 9.53 Å². The van der Waals surface area contributed by atoms with Gasteiger partial charge in [0.05, 0.1) is 13.0 Å². The number of piperidine rings is 1. The number of methoxy groups -OCH3 is 1. The SMILES string of the molecule is COC(=O)C1CCN(c2ccc3c(n2)CCC3)CC1. The maximum Gasteiger partial charge on any atom is 0.308 e. The lowest BCUT2D eigenvalue weighted by molar-refractivity contribution is -0.146. The topological polar surface area (TPSA) is 42.4 Å². The standard InChI is InChI=1S/C15H20N2O2/c1-19-15(18)12-7-9-17(10-8-12)14-6-5-11-3-2-4-13(11)16-14/h5-6,12H,2-4,7-10H2,1H3. The molecular formula is C15H20N2O2. The lowest BCUT2D eigenvalue weighted by atomic mass is 9.97. The van der Waals surface area contributed by atoms with Crippen LogP contribution in [0.25, 0.3) is 0 Å². The minimum atomic E-state index is -0.0680. The van der Waals surface area contributed by atoms with Gasteiger partial charge < -0.3 is 9.64 Å². The van der Waals surface area contributed by atoms with E-state index in [9.17, 15) is 4.79 Å². The summed E-state index contributed by atoms with van der Waals surface area (Å²) >= 11 is 0. The zero-order valence-electron chi connectivity index (χ0n) is 11.4. The number of hydrogen-bond donors (Lipinski definition) is 0. The summed E-state index contributed by atoms with van der Waals surface area (Å²) in [5, 5.41) is 0. The molecule has 2 heterocycles. The number of rotatable bonds is 2. The molecule has 1 aromatic rings. The second-order valence-electron chi connectivity index (χ2n) is 5.41. The molecule has 4 nitrogen and oxygen atoms in total. The number of anilines is 1. The van der Waals surface area contributed by atoms with Crippen LogP contribution in [0.4, 0.5) is 5.82 Å². The van der Waals surface area contributed by atoms with Crippen molar-refractivity contribution in [3.05, 3.63) is 23.4 Å². The van der Waals surface area contributed by atoms with Gasteiger partial charge in [0.1, 0.15) is 5.82 Å². The summed E-state index contributed by atoms with van der Waals surface area (Å²) in [5.74, 6) is 1.07. The number of hydrogen-bond acceptors (Lipinski definition) is 4. The van der Waals surface area contributed by atoms with Crippen LogP contribution in [0.5, 0.6) is 0 Å². The first-order chi connectivity index (χ1) is 9.28. The van der Waals surface area contributed by atoms with Crippen LogP contribution in [0.3, 0.4) is 0 Å². The van der Waals surface area contributed by atoms with Crippen molar-refractivity contribution in [3.63, 3.8) is 0 Å². The van der Waals surface area contributed by atoms with E-state index in [0.29, 0.717) is 0 Å². The van der Waals surface area contributed by atoms with Crippen molar-refractivity contribution in [2.45, 2.75) is 32.1 Å². The van der Waals surface area contributed by atoms with Crippen molar-refractivity contribution >= 4 is 11.8 Å². The van der Waals surface area contributed by atoms with Crippen LogP contribution < -0.4 is 4.90 Å². The number of ether oxygens (including phenoxy) is 1. The van der Waals surface area contributed by atoms with E-state index in [-0.39, 0.29) is 11.9 Å². The highest BCUT2D eigenvalue weighted by atomic mass is 16.5. The number of aromatic nitrogens is 1. The van der Waals surface area contributed by atoms with E-state index >= 15 is 0 Å². The van der Waals surface area contributed by atoms with Gasteiger partial charge in [-0.25, -0.2) is 4.98 Å². The van der Waals surface area contributed by atoms with Crippen molar-refractivity contribution in [3.8, 4) is 0 Å². The number of pyridine rings is 1. The summed E-state index contributed by atoms with van der Waals surface area (Å²) in [4.78, 5) is 18.6. The molecule has 102 valence electrons. The number of esters is 1. The molecule has 0 amide bonds. The minimum absolute atomic E-state index is 0.0654. The van der Waals surface area contributed by atoms with Gasteiger partial charge in [0, 0.05) is 18.8 Å². The zero-order valence-corrected chi connectivity index (χ0v) is 11.4. The fraction of sp³-hybridized carbons (Fsp3) is 0.600. The molecule has 19 heavy (non-hydrogen) atoms. The number of carbonyl (C=O) groups is 1. The van der Waals surface area contributed by atoms with Gasteiger partial charge in [0.15, 0.2) is 0 Å². The fourth-order valence-electron chi connectivity index (χ4n) is 3.10. The summed E-state index contributed by atoms with van der Waals surface area (Å²) in [5.41, 5.74) is 2.68. The maximum absolute atomic E-state index is 11.5. The molecule has 0 unspecified atom stereocenters. The molecule has 0 N–H and O–H groups in total. The second-order valence-corrected chi connectivity index (χ2v) is 5.41. The summed E-state index contributed by atoms with van der Waals surface area (Å²) in [6.45, 7) is 1.79. The maximum atomic E-state index is 11.5. The van der Waals surface area contributed by atoms with Gasteiger partial charge in [-0.05, 0) is 43.7 Å². The Morgan fingerprint density at radius 3 is 2.84 bits per heavy atom. The van der Waals surface area contributed by atoms with Gasteiger partial charge in [-0.1, -0.05) is 6.07 Å². The highest BCUT2D eigenvalue weighted by Crippen LogP contribution is 2.26. The third kappa shape index (κ3) is 2.44. The lowest BCUT2D eigenvalue weighted by Crippen LogP contribution is -2.37. The van der Waals surface area contributed by atoms with Crippen LogP contribution in [0.15, 0.2) is 12.1 Å². The molecule has 0 atom stereocenters. The average Bonchev–Trinajstić information content (AvgIpc) is 2.94. The Balaban J connectivity index is 1.67. The number of nitrogens with zero attached hydrogens (tertiary/aromatic N) is 2. The molecule has 0 aromatic carbocycles. The molecule has 3 rings (SSSR count). The Hall–Kier alpha value is -1.58. The van der Waals surface area contributed by atoms with Crippen LogP contribution >= 0.6 is 0 Å². The minimum Gasteiger partial charge on any atom is -0.469 e.